The molecule has 1 amide bonds. The van der Waals surface area contributed by atoms with E-state index in [1.807, 2.05) is 37.3 Å². The van der Waals surface area contributed by atoms with Gasteiger partial charge in [0.25, 0.3) is 0 Å². The van der Waals surface area contributed by atoms with E-state index in [4.69, 9.17) is 4.74 Å². The summed E-state index contributed by atoms with van der Waals surface area (Å²) in [4.78, 5) is 13.0. The average molecular weight is 295 g/mol. The molecule has 1 rings (SSSR count). The molecule has 112 valence electrons. The van der Waals surface area contributed by atoms with Gasteiger partial charge >= 0.3 is 0 Å². The number of benzene rings is 1. The molecule has 1 aromatic rings. The SMILES string of the molecule is CCCCOCCCNC(=O)C(C)Sc1ccccc1. The molecule has 1 N–H and O–H groups in total. The van der Waals surface area contributed by atoms with E-state index in [1.54, 1.807) is 11.8 Å². The number of ether oxygens (including phenoxy) is 1. The molecule has 3 nitrogen and oxygen atoms in total. The van der Waals surface area contributed by atoms with Crippen molar-refractivity contribution >= 4 is 17.7 Å². The minimum atomic E-state index is -0.0709. The molecule has 0 radical (unpaired) electrons. The van der Waals surface area contributed by atoms with Crippen LogP contribution in [0.25, 0.3) is 0 Å². The molecule has 1 unspecified atom stereocenters. The molecule has 0 saturated heterocycles. The molecule has 0 spiro atoms. The second-order valence-corrected chi connectivity index (χ2v) is 6.10. The van der Waals surface area contributed by atoms with Crippen LogP contribution in [-0.2, 0) is 9.53 Å². The third-order valence-corrected chi connectivity index (χ3v) is 3.94. The van der Waals surface area contributed by atoms with Gasteiger partial charge in [-0.1, -0.05) is 31.5 Å². The fourth-order valence-electron chi connectivity index (χ4n) is 1.63. The van der Waals surface area contributed by atoms with E-state index < -0.39 is 0 Å². The zero-order valence-electron chi connectivity index (χ0n) is 12.4. The molecule has 0 aliphatic rings. The minimum absolute atomic E-state index is 0.0709. The topological polar surface area (TPSA) is 38.3 Å². The summed E-state index contributed by atoms with van der Waals surface area (Å²) < 4.78 is 5.46. The van der Waals surface area contributed by atoms with Crippen molar-refractivity contribution in [1.29, 1.82) is 0 Å². The largest absolute Gasteiger partial charge is 0.381 e. The van der Waals surface area contributed by atoms with Crippen LogP contribution in [0.1, 0.15) is 33.1 Å². The lowest BCUT2D eigenvalue weighted by Crippen LogP contribution is -2.32. The van der Waals surface area contributed by atoms with Gasteiger partial charge in [-0.15, -0.1) is 11.8 Å². The third kappa shape index (κ3) is 7.56. The molecular weight excluding hydrogens is 270 g/mol. The van der Waals surface area contributed by atoms with E-state index in [1.165, 1.54) is 0 Å². The van der Waals surface area contributed by atoms with Crippen LogP contribution in [0.3, 0.4) is 0 Å². The fourth-order valence-corrected chi connectivity index (χ4v) is 2.55. The van der Waals surface area contributed by atoms with Crippen LogP contribution >= 0.6 is 11.8 Å². The van der Waals surface area contributed by atoms with E-state index in [0.717, 1.165) is 37.4 Å². The van der Waals surface area contributed by atoms with Gasteiger partial charge in [0, 0.05) is 24.7 Å². The predicted octanol–water partition coefficient (Wildman–Crippen LogP) is 3.49. The number of carbonyl (C=O) groups excluding carboxylic acids is 1. The van der Waals surface area contributed by atoms with Gasteiger partial charge < -0.3 is 10.1 Å². The second kappa shape index (κ2) is 10.7. The van der Waals surface area contributed by atoms with E-state index in [2.05, 4.69) is 12.2 Å². The Hall–Kier alpha value is -1.00. The maximum absolute atomic E-state index is 11.9. The Morgan fingerprint density at radius 3 is 2.65 bits per heavy atom. The van der Waals surface area contributed by atoms with Crippen LogP contribution in [0.5, 0.6) is 0 Å². The fraction of sp³-hybridized carbons (Fsp3) is 0.562. The highest BCUT2D eigenvalue weighted by Crippen LogP contribution is 2.22. The van der Waals surface area contributed by atoms with E-state index in [9.17, 15) is 4.79 Å². The second-order valence-electron chi connectivity index (χ2n) is 4.68. The highest BCUT2D eigenvalue weighted by atomic mass is 32.2. The molecule has 0 aromatic heterocycles. The number of rotatable bonds is 10. The lowest BCUT2D eigenvalue weighted by Gasteiger charge is -2.12. The number of hydrogen-bond donors (Lipinski definition) is 1. The van der Waals surface area contributed by atoms with Crippen molar-refractivity contribution in [2.45, 2.75) is 43.3 Å². The number of thioether (sulfide) groups is 1. The van der Waals surface area contributed by atoms with Crippen LogP contribution in [-0.4, -0.2) is 30.9 Å². The van der Waals surface area contributed by atoms with E-state index in [-0.39, 0.29) is 11.2 Å². The Labute approximate surface area is 126 Å². The molecule has 0 saturated carbocycles. The van der Waals surface area contributed by atoms with Crippen LogP contribution in [0, 0.1) is 0 Å². The Morgan fingerprint density at radius 1 is 1.25 bits per heavy atom. The van der Waals surface area contributed by atoms with Crippen LogP contribution in [0.4, 0.5) is 0 Å². The van der Waals surface area contributed by atoms with Gasteiger partial charge in [-0.25, -0.2) is 0 Å². The van der Waals surface area contributed by atoms with Crippen LogP contribution in [0.15, 0.2) is 35.2 Å². The Balaban J connectivity index is 2.10. The molecule has 0 aliphatic heterocycles. The van der Waals surface area contributed by atoms with Crippen molar-refractivity contribution in [1.82, 2.24) is 5.32 Å². The summed E-state index contributed by atoms with van der Waals surface area (Å²) in [5.74, 6) is 0.0902. The van der Waals surface area contributed by atoms with Crippen molar-refractivity contribution in [2.75, 3.05) is 19.8 Å². The summed E-state index contributed by atoms with van der Waals surface area (Å²) in [6.07, 6.45) is 3.14. The summed E-state index contributed by atoms with van der Waals surface area (Å²) in [5, 5.41) is 2.88. The summed E-state index contributed by atoms with van der Waals surface area (Å²) in [6, 6.07) is 10.0. The van der Waals surface area contributed by atoms with Gasteiger partial charge in [0.1, 0.15) is 0 Å². The maximum Gasteiger partial charge on any atom is 0.233 e. The highest BCUT2D eigenvalue weighted by Gasteiger charge is 2.13. The predicted molar refractivity (Wildman–Crippen MR) is 85.1 cm³/mol. The first-order chi connectivity index (χ1) is 9.74. The molecule has 1 aromatic carbocycles. The quantitative estimate of drug-likeness (QED) is 0.530. The number of carbonyl (C=O) groups is 1. The lowest BCUT2D eigenvalue weighted by molar-refractivity contribution is -0.120. The van der Waals surface area contributed by atoms with Gasteiger partial charge in [0.2, 0.25) is 5.91 Å². The summed E-state index contributed by atoms with van der Waals surface area (Å²) in [5.41, 5.74) is 0. The summed E-state index contributed by atoms with van der Waals surface area (Å²) in [7, 11) is 0. The van der Waals surface area contributed by atoms with Crippen LogP contribution < -0.4 is 5.32 Å². The number of unbranched alkanes of at least 4 members (excludes halogenated alkanes) is 1. The van der Waals surface area contributed by atoms with Crippen molar-refractivity contribution in [3.05, 3.63) is 30.3 Å². The standard InChI is InChI=1S/C16H25NO2S/c1-3-4-12-19-13-8-11-17-16(18)14(2)20-15-9-6-5-7-10-15/h5-7,9-10,14H,3-4,8,11-13H2,1-2H3,(H,17,18). The van der Waals surface area contributed by atoms with Crippen LogP contribution in [0.2, 0.25) is 0 Å². The summed E-state index contributed by atoms with van der Waals surface area (Å²) >= 11 is 1.58. The van der Waals surface area contributed by atoms with Crippen molar-refractivity contribution in [2.24, 2.45) is 0 Å². The van der Waals surface area contributed by atoms with Gasteiger partial charge in [-0.3, -0.25) is 4.79 Å². The first kappa shape index (κ1) is 17.1. The maximum atomic E-state index is 11.9. The van der Waals surface area contributed by atoms with Crippen molar-refractivity contribution in [3.8, 4) is 0 Å². The Kier molecular flexibility index (Phi) is 9.16. The number of amides is 1. The molecule has 0 heterocycles. The molecule has 0 fully saturated rings. The zero-order chi connectivity index (χ0) is 14.6. The van der Waals surface area contributed by atoms with Crippen molar-refractivity contribution in [3.63, 3.8) is 0 Å². The minimum Gasteiger partial charge on any atom is -0.381 e. The highest BCUT2D eigenvalue weighted by molar-refractivity contribution is 8.00. The summed E-state index contributed by atoms with van der Waals surface area (Å²) in [6.45, 7) is 6.32. The van der Waals surface area contributed by atoms with E-state index >= 15 is 0 Å². The van der Waals surface area contributed by atoms with Gasteiger partial charge in [0.05, 0.1) is 5.25 Å². The van der Waals surface area contributed by atoms with Gasteiger partial charge in [-0.05, 0) is 31.9 Å². The first-order valence-corrected chi connectivity index (χ1v) is 8.19. The lowest BCUT2D eigenvalue weighted by atomic mass is 10.3. The van der Waals surface area contributed by atoms with Gasteiger partial charge in [-0.2, -0.15) is 0 Å². The molecule has 0 aliphatic carbocycles. The first-order valence-electron chi connectivity index (χ1n) is 7.31. The Morgan fingerprint density at radius 2 is 1.95 bits per heavy atom. The smallest absolute Gasteiger partial charge is 0.233 e. The monoisotopic (exact) mass is 295 g/mol. The Bertz CT molecular complexity index is 370. The molecular formula is C16H25NO2S. The van der Waals surface area contributed by atoms with E-state index in [0.29, 0.717) is 6.54 Å². The number of hydrogen-bond acceptors (Lipinski definition) is 3. The molecule has 0 bridgehead atoms. The normalized spacial score (nSPS) is 12.1. The number of nitrogens with one attached hydrogen (secondary N) is 1. The van der Waals surface area contributed by atoms with Gasteiger partial charge in [0.15, 0.2) is 0 Å². The average Bonchev–Trinajstić information content (AvgIpc) is 2.47. The zero-order valence-corrected chi connectivity index (χ0v) is 13.2. The molecule has 4 heteroatoms. The molecule has 20 heavy (non-hydrogen) atoms. The third-order valence-electron chi connectivity index (χ3n) is 2.83. The molecule has 1 atom stereocenters. The van der Waals surface area contributed by atoms with Crippen molar-refractivity contribution < 1.29 is 9.53 Å².